The molecule has 30 heavy (non-hydrogen) atoms. The monoisotopic (exact) mass is 420 g/mol. The number of carbonyl (C=O) groups is 1. The molecule has 0 radical (unpaired) electrons. The molecule has 1 aromatic heterocycles. The molecule has 0 bridgehead atoms. The summed E-state index contributed by atoms with van der Waals surface area (Å²) in [6.45, 7) is 0.539. The summed E-state index contributed by atoms with van der Waals surface area (Å²) in [7, 11) is 1.64. The maximum atomic E-state index is 12.5. The molecule has 0 saturated carbocycles. The number of halogens is 1. The van der Waals surface area contributed by atoms with E-state index in [-0.39, 0.29) is 5.91 Å². The molecule has 0 aliphatic heterocycles. The molecule has 0 aliphatic carbocycles. The van der Waals surface area contributed by atoms with Gasteiger partial charge in [0.15, 0.2) is 11.5 Å². The third-order valence-corrected chi connectivity index (χ3v) is 5.07. The van der Waals surface area contributed by atoms with Crippen molar-refractivity contribution in [3.05, 3.63) is 94.3 Å². The van der Waals surface area contributed by atoms with E-state index in [0.29, 0.717) is 35.0 Å². The van der Waals surface area contributed by atoms with Crippen LogP contribution in [-0.2, 0) is 12.8 Å². The van der Waals surface area contributed by atoms with Crippen LogP contribution in [0.4, 0.5) is 0 Å². The summed E-state index contributed by atoms with van der Waals surface area (Å²) in [5.74, 6) is 1.28. The van der Waals surface area contributed by atoms with Crippen LogP contribution in [0.2, 0.25) is 5.02 Å². The molecule has 5 nitrogen and oxygen atoms in total. The van der Waals surface area contributed by atoms with Crippen molar-refractivity contribution in [2.75, 3.05) is 13.7 Å². The van der Waals surface area contributed by atoms with Crippen molar-refractivity contribution in [3.63, 3.8) is 0 Å². The van der Waals surface area contributed by atoms with Gasteiger partial charge in [-0.3, -0.25) is 4.79 Å². The minimum absolute atomic E-state index is 0.140. The van der Waals surface area contributed by atoms with Crippen LogP contribution in [0, 0.1) is 0 Å². The average molecular weight is 421 g/mol. The molecule has 0 aliphatic rings. The number of ether oxygens (including phenoxy) is 1. The van der Waals surface area contributed by atoms with E-state index in [4.69, 9.17) is 20.8 Å². The summed E-state index contributed by atoms with van der Waals surface area (Å²) in [5, 5.41) is 3.64. The Bertz CT molecular complexity index is 1150. The van der Waals surface area contributed by atoms with Crippen LogP contribution >= 0.6 is 11.6 Å². The normalized spacial score (nSPS) is 10.9. The SMILES string of the molecule is COc1ccc(Cc2nc3ccc(C(=O)NCCc4ccc(Cl)cc4)cc3o2)cc1. The van der Waals surface area contributed by atoms with Crippen LogP contribution in [-0.4, -0.2) is 24.5 Å². The molecule has 0 fully saturated rings. The van der Waals surface area contributed by atoms with Crippen molar-refractivity contribution < 1.29 is 13.9 Å². The number of amides is 1. The van der Waals surface area contributed by atoms with E-state index in [1.54, 1.807) is 19.2 Å². The standard InChI is InChI=1S/C24H21ClN2O3/c1-29-20-9-4-17(5-10-20)14-23-27-21-11-6-18(15-22(21)30-23)24(28)26-13-12-16-2-7-19(25)8-3-16/h2-11,15H,12-14H2,1H3,(H,26,28). The zero-order valence-electron chi connectivity index (χ0n) is 16.5. The van der Waals surface area contributed by atoms with Crippen LogP contribution in [0.1, 0.15) is 27.4 Å². The van der Waals surface area contributed by atoms with Gasteiger partial charge >= 0.3 is 0 Å². The first-order valence-electron chi connectivity index (χ1n) is 9.66. The van der Waals surface area contributed by atoms with Gasteiger partial charge in [0.05, 0.1) is 7.11 Å². The average Bonchev–Trinajstić information content (AvgIpc) is 3.17. The molecule has 6 heteroatoms. The summed E-state index contributed by atoms with van der Waals surface area (Å²) in [6.07, 6.45) is 1.31. The highest BCUT2D eigenvalue weighted by Gasteiger charge is 2.11. The van der Waals surface area contributed by atoms with Crippen molar-refractivity contribution in [2.45, 2.75) is 12.8 Å². The van der Waals surface area contributed by atoms with E-state index in [0.717, 1.165) is 28.8 Å². The largest absolute Gasteiger partial charge is 0.497 e. The van der Waals surface area contributed by atoms with Crippen molar-refractivity contribution in [1.29, 1.82) is 0 Å². The minimum Gasteiger partial charge on any atom is -0.497 e. The third kappa shape index (κ3) is 4.81. The van der Waals surface area contributed by atoms with Gasteiger partial charge in [0.2, 0.25) is 0 Å². The number of hydrogen-bond acceptors (Lipinski definition) is 4. The number of nitrogens with one attached hydrogen (secondary N) is 1. The number of carbonyl (C=O) groups excluding carboxylic acids is 1. The lowest BCUT2D eigenvalue weighted by Gasteiger charge is -2.05. The maximum absolute atomic E-state index is 12.5. The quantitative estimate of drug-likeness (QED) is 0.454. The Morgan fingerprint density at radius 2 is 1.77 bits per heavy atom. The van der Waals surface area contributed by atoms with Gasteiger partial charge in [0.1, 0.15) is 11.3 Å². The lowest BCUT2D eigenvalue weighted by atomic mass is 10.1. The number of oxazole rings is 1. The predicted octanol–water partition coefficient (Wildman–Crippen LogP) is 5.05. The lowest BCUT2D eigenvalue weighted by molar-refractivity contribution is 0.0954. The number of hydrogen-bond donors (Lipinski definition) is 1. The smallest absolute Gasteiger partial charge is 0.251 e. The topological polar surface area (TPSA) is 64.4 Å². The Kier molecular flexibility index (Phi) is 6.00. The molecule has 1 N–H and O–H groups in total. The van der Waals surface area contributed by atoms with E-state index in [9.17, 15) is 4.79 Å². The lowest BCUT2D eigenvalue weighted by Crippen LogP contribution is -2.25. The molecule has 0 unspecified atom stereocenters. The van der Waals surface area contributed by atoms with Crippen molar-refractivity contribution >= 4 is 28.6 Å². The summed E-state index contributed by atoms with van der Waals surface area (Å²) in [5.41, 5.74) is 4.07. The number of rotatable bonds is 7. The molecule has 4 aromatic rings. The van der Waals surface area contributed by atoms with Gasteiger partial charge < -0.3 is 14.5 Å². The number of aromatic nitrogens is 1. The summed E-state index contributed by atoms with van der Waals surface area (Å²) >= 11 is 5.89. The second-order valence-corrected chi connectivity index (χ2v) is 7.38. The summed E-state index contributed by atoms with van der Waals surface area (Å²) < 4.78 is 11.0. The van der Waals surface area contributed by atoms with Gasteiger partial charge in [0.25, 0.3) is 5.91 Å². The zero-order valence-corrected chi connectivity index (χ0v) is 17.3. The highest BCUT2D eigenvalue weighted by Crippen LogP contribution is 2.20. The van der Waals surface area contributed by atoms with Crippen molar-refractivity contribution in [2.24, 2.45) is 0 Å². The molecule has 1 amide bonds. The van der Waals surface area contributed by atoms with Gasteiger partial charge in [-0.2, -0.15) is 0 Å². The Morgan fingerprint density at radius 3 is 2.50 bits per heavy atom. The molecule has 4 rings (SSSR count). The predicted molar refractivity (Wildman–Crippen MR) is 117 cm³/mol. The fourth-order valence-electron chi connectivity index (χ4n) is 3.18. The second-order valence-electron chi connectivity index (χ2n) is 6.95. The zero-order chi connectivity index (χ0) is 20.9. The van der Waals surface area contributed by atoms with Gasteiger partial charge in [0, 0.05) is 23.6 Å². The van der Waals surface area contributed by atoms with Gasteiger partial charge in [-0.15, -0.1) is 0 Å². The molecule has 3 aromatic carbocycles. The Hall–Kier alpha value is -3.31. The molecule has 0 atom stereocenters. The van der Waals surface area contributed by atoms with E-state index >= 15 is 0 Å². The number of benzene rings is 3. The number of nitrogens with zero attached hydrogens (tertiary/aromatic N) is 1. The number of methoxy groups -OCH3 is 1. The maximum Gasteiger partial charge on any atom is 0.251 e. The van der Waals surface area contributed by atoms with E-state index < -0.39 is 0 Å². The molecule has 0 saturated heterocycles. The van der Waals surface area contributed by atoms with E-state index in [1.165, 1.54) is 0 Å². The van der Waals surface area contributed by atoms with Crippen molar-refractivity contribution in [3.8, 4) is 5.75 Å². The minimum atomic E-state index is -0.140. The highest BCUT2D eigenvalue weighted by atomic mass is 35.5. The summed E-state index contributed by atoms with van der Waals surface area (Å²) in [6, 6.07) is 20.7. The Labute approximate surface area is 179 Å². The number of fused-ring (bicyclic) bond motifs is 1. The molecule has 0 spiro atoms. The van der Waals surface area contributed by atoms with Crippen LogP contribution in [0.25, 0.3) is 11.1 Å². The van der Waals surface area contributed by atoms with Gasteiger partial charge in [-0.25, -0.2) is 4.98 Å². The summed E-state index contributed by atoms with van der Waals surface area (Å²) in [4.78, 5) is 17.0. The molecule has 152 valence electrons. The fourth-order valence-corrected chi connectivity index (χ4v) is 3.31. The molecular formula is C24H21ClN2O3. The van der Waals surface area contributed by atoms with E-state index in [1.807, 2.05) is 54.6 Å². The fraction of sp³-hybridized carbons (Fsp3) is 0.167. The van der Waals surface area contributed by atoms with Crippen LogP contribution in [0.3, 0.4) is 0 Å². The van der Waals surface area contributed by atoms with Crippen LogP contribution in [0.15, 0.2) is 71.1 Å². The van der Waals surface area contributed by atoms with Gasteiger partial charge in [-0.1, -0.05) is 35.9 Å². The Morgan fingerprint density at radius 1 is 1.03 bits per heavy atom. The van der Waals surface area contributed by atoms with Crippen LogP contribution in [0.5, 0.6) is 5.75 Å². The highest BCUT2D eigenvalue weighted by molar-refractivity contribution is 6.30. The van der Waals surface area contributed by atoms with E-state index in [2.05, 4.69) is 10.3 Å². The molecule has 1 heterocycles. The first-order chi connectivity index (χ1) is 14.6. The third-order valence-electron chi connectivity index (χ3n) is 4.82. The Balaban J connectivity index is 1.39. The van der Waals surface area contributed by atoms with Crippen LogP contribution < -0.4 is 10.1 Å². The second kappa shape index (κ2) is 9.01. The van der Waals surface area contributed by atoms with Gasteiger partial charge in [-0.05, 0) is 60.0 Å². The molecular weight excluding hydrogens is 400 g/mol. The van der Waals surface area contributed by atoms with Crippen molar-refractivity contribution in [1.82, 2.24) is 10.3 Å². The first-order valence-corrected chi connectivity index (χ1v) is 10.0. The first kappa shape index (κ1) is 20.0.